The molecule has 0 spiro atoms. The molecule has 0 aromatic rings. The molecular weight excluding hydrogens is 648 g/mol. The van der Waals surface area contributed by atoms with Gasteiger partial charge in [-0.25, -0.2) is 0 Å². The zero-order valence-corrected chi connectivity index (χ0v) is 24.9. The number of carboxylic acids is 3. The number of aliphatic carboxylic acids is 3. The van der Waals surface area contributed by atoms with Crippen molar-refractivity contribution in [3.8, 4) is 0 Å². The van der Waals surface area contributed by atoms with Crippen LogP contribution in [-0.2, 0) is 42.9 Å². The highest BCUT2D eigenvalue weighted by molar-refractivity contribution is 5.74. The number of carboxylic acid groups (broad SMARTS) is 3. The highest BCUT2D eigenvalue weighted by Crippen LogP contribution is 2.30. The van der Waals surface area contributed by atoms with Crippen molar-refractivity contribution >= 4 is 23.9 Å². The number of carbonyl (C=O) groups is 4. The zero-order chi connectivity index (χ0) is 35.4. The van der Waals surface area contributed by atoms with Crippen molar-refractivity contribution in [3.05, 3.63) is 0 Å². The third-order valence-electron chi connectivity index (χ3n) is 7.04. The highest BCUT2D eigenvalue weighted by Gasteiger charge is 2.51. The lowest BCUT2D eigenvalue weighted by atomic mass is 9.97. The zero-order valence-electron chi connectivity index (χ0n) is 24.9. The molecule has 1 unspecified atom stereocenters. The summed E-state index contributed by atoms with van der Waals surface area (Å²) in [6, 6.07) is 0. The van der Waals surface area contributed by atoms with Gasteiger partial charge in [0, 0.05) is 13.1 Å². The SMILES string of the molecule is O=C(O)CN(CCN(CC(=O)O)CC(=O)OC[C@H]1O[C@@H](O[C@H]2[C@H](OCC(O)CO)[C@@H](O)[C@@H](O)O[C@@H]2CO)[C@H](O)[C@@H](O)[C@H]1O)CC(=O)O. The average molecular weight is 691 g/mol. The second-order valence-corrected chi connectivity index (χ2v) is 10.8. The van der Waals surface area contributed by atoms with Gasteiger partial charge in [-0.15, -0.1) is 0 Å². The Labute approximate surface area is 266 Å². The van der Waals surface area contributed by atoms with Crippen LogP contribution in [0.1, 0.15) is 0 Å². The molecule has 11 atom stereocenters. The van der Waals surface area contributed by atoms with E-state index in [1.165, 1.54) is 0 Å². The Kier molecular flexibility index (Phi) is 16.7. The molecule has 0 amide bonds. The van der Waals surface area contributed by atoms with E-state index >= 15 is 0 Å². The van der Waals surface area contributed by atoms with Gasteiger partial charge < -0.3 is 79.9 Å². The lowest BCUT2D eigenvalue weighted by Crippen LogP contribution is -2.65. The lowest BCUT2D eigenvalue weighted by molar-refractivity contribution is -0.359. The highest BCUT2D eigenvalue weighted by atomic mass is 16.7. The van der Waals surface area contributed by atoms with E-state index < -0.39 is 144 Å². The number of hydrogen-bond acceptors (Lipinski definition) is 19. The fourth-order valence-electron chi connectivity index (χ4n) is 4.70. The summed E-state index contributed by atoms with van der Waals surface area (Å²) in [5.74, 6) is -5.12. The van der Waals surface area contributed by atoms with Crippen LogP contribution < -0.4 is 0 Å². The average Bonchev–Trinajstić information content (AvgIpc) is 2.99. The molecule has 2 heterocycles. The molecule has 272 valence electrons. The molecule has 47 heavy (non-hydrogen) atoms. The van der Waals surface area contributed by atoms with Crippen molar-refractivity contribution in [2.75, 3.05) is 65.7 Å². The van der Waals surface area contributed by atoms with E-state index in [4.69, 9.17) is 39.0 Å². The smallest absolute Gasteiger partial charge is 0.320 e. The van der Waals surface area contributed by atoms with Crippen molar-refractivity contribution in [2.24, 2.45) is 0 Å². The summed E-state index contributed by atoms with van der Waals surface area (Å²) < 4.78 is 26.7. The topological polar surface area (TPSA) is 343 Å². The van der Waals surface area contributed by atoms with Gasteiger partial charge in [0.2, 0.25) is 0 Å². The van der Waals surface area contributed by atoms with Gasteiger partial charge in [-0.3, -0.25) is 29.0 Å². The first kappa shape index (κ1) is 40.5. The summed E-state index contributed by atoms with van der Waals surface area (Å²) in [4.78, 5) is 47.9. The first-order valence-electron chi connectivity index (χ1n) is 14.2. The molecule has 0 aromatic heterocycles. The number of hydrogen-bond donors (Lipinski definition) is 11. The second-order valence-electron chi connectivity index (χ2n) is 10.8. The molecule has 2 fully saturated rings. The second kappa shape index (κ2) is 19.4. The third-order valence-corrected chi connectivity index (χ3v) is 7.04. The molecule has 2 aliphatic heterocycles. The minimum atomic E-state index is -1.98. The van der Waals surface area contributed by atoms with Gasteiger partial charge in [0.15, 0.2) is 12.6 Å². The quantitative estimate of drug-likeness (QED) is 0.0528. The molecule has 2 aliphatic rings. The third kappa shape index (κ3) is 12.7. The van der Waals surface area contributed by atoms with Crippen LogP contribution in [0.4, 0.5) is 0 Å². The monoisotopic (exact) mass is 690 g/mol. The van der Waals surface area contributed by atoms with Crippen LogP contribution in [0.2, 0.25) is 0 Å². The minimum absolute atomic E-state index is 0.248. The van der Waals surface area contributed by atoms with E-state index in [1.54, 1.807) is 0 Å². The van der Waals surface area contributed by atoms with Crippen LogP contribution in [0, 0.1) is 0 Å². The number of nitrogens with zero attached hydrogens (tertiary/aromatic N) is 2. The Morgan fingerprint density at radius 1 is 0.702 bits per heavy atom. The van der Waals surface area contributed by atoms with Gasteiger partial charge in [0.1, 0.15) is 61.5 Å². The number of esters is 1. The molecule has 11 N–H and O–H groups in total. The molecular formula is C25H42N2O20. The van der Waals surface area contributed by atoms with Crippen LogP contribution in [0.15, 0.2) is 0 Å². The van der Waals surface area contributed by atoms with Crippen LogP contribution in [0.5, 0.6) is 0 Å². The van der Waals surface area contributed by atoms with Crippen molar-refractivity contribution < 1.29 is 99.0 Å². The molecule has 22 heteroatoms. The fourth-order valence-corrected chi connectivity index (χ4v) is 4.70. The van der Waals surface area contributed by atoms with E-state index in [2.05, 4.69) is 0 Å². The predicted molar refractivity (Wildman–Crippen MR) is 145 cm³/mol. The van der Waals surface area contributed by atoms with Crippen molar-refractivity contribution in [1.82, 2.24) is 9.80 Å². The molecule has 22 nitrogen and oxygen atoms in total. The molecule has 0 bridgehead atoms. The van der Waals surface area contributed by atoms with E-state index in [-0.39, 0.29) is 13.1 Å². The normalized spacial score (nSPS) is 31.9. The van der Waals surface area contributed by atoms with Gasteiger partial charge in [0.25, 0.3) is 0 Å². The van der Waals surface area contributed by atoms with Crippen LogP contribution in [-0.4, -0.2) is 223 Å². The van der Waals surface area contributed by atoms with E-state index in [9.17, 15) is 60.0 Å². The maximum absolute atomic E-state index is 12.6. The van der Waals surface area contributed by atoms with Gasteiger partial charge in [0.05, 0.1) is 46.0 Å². The van der Waals surface area contributed by atoms with E-state index in [0.717, 1.165) is 9.80 Å². The Bertz CT molecular complexity index is 1010. The number of aliphatic hydroxyl groups excluding tert-OH is 8. The predicted octanol–water partition coefficient (Wildman–Crippen LogP) is -7.61. The van der Waals surface area contributed by atoms with Gasteiger partial charge in [-0.1, -0.05) is 0 Å². The number of ether oxygens (including phenoxy) is 5. The number of carbonyl (C=O) groups excluding carboxylic acids is 1. The molecule has 0 aliphatic carbocycles. The summed E-state index contributed by atoms with van der Waals surface area (Å²) >= 11 is 0. The standard InChI is InChI=1S/C25H42N2O20/c28-7-11(30)9-44-23-21(41)24(42)45-12(8-29)22(23)47-25-20(40)19(39)18(38)13(46-25)10-43-17(37)6-27(5-16(35)36)2-1-26(3-14(31)32)4-15(33)34/h11-13,18-25,28-30,38-42H,1-10H2,(H,31,32)(H,33,34)(H,35,36)/t11?,12-,13-,18+,19+,20-,21-,22-,23-,24+,25+/m1/s1. The maximum Gasteiger partial charge on any atom is 0.320 e. The van der Waals surface area contributed by atoms with Crippen molar-refractivity contribution in [1.29, 1.82) is 0 Å². The summed E-state index contributed by atoms with van der Waals surface area (Å²) in [5.41, 5.74) is 0. The van der Waals surface area contributed by atoms with E-state index in [0.29, 0.717) is 0 Å². The molecule has 0 aromatic carbocycles. The van der Waals surface area contributed by atoms with Crippen LogP contribution in [0.3, 0.4) is 0 Å². The van der Waals surface area contributed by atoms with Crippen molar-refractivity contribution in [2.45, 2.75) is 67.5 Å². The molecule has 2 rings (SSSR count). The Morgan fingerprint density at radius 2 is 1.26 bits per heavy atom. The first-order chi connectivity index (χ1) is 22.1. The lowest BCUT2D eigenvalue weighted by Gasteiger charge is -2.46. The summed E-state index contributed by atoms with van der Waals surface area (Å²) in [6.45, 7) is -6.19. The van der Waals surface area contributed by atoms with Crippen LogP contribution >= 0.6 is 0 Å². The van der Waals surface area contributed by atoms with Crippen molar-refractivity contribution in [3.63, 3.8) is 0 Å². The Balaban J connectivity index is 2.09. The molecule has 2 saturated heterocycles. The van der Waals surface area contributed by atoms with Crippen LogP contribution in [0.25, 0.3) is 0 Å². The Morgan fingerprint density at radius 3 is 1.77 bits per heavy atom. The number of aliphatic hydroxyl groups is 8. The maximum atomic E-state index is 12.6. The summed E-state index contributed by atoms with van der Waals surface area (Å²) in [6.07, 6.45) is -19.0. The Hall–Kier alpha value is -2.68. The van der Waals surface area contributed by atoms with Gasteiger partial charge in [-0.05, 0) is 0 Å². The van der Waals surface area contributed by atoms with E-state index in [1.807, 2.05) is 0 Å². The minimum Gasteiger partial charge on any atom is -0.480 e. The first-order valence-corrected chi connectivity index (χ1v) is 14.2. The summed E-state index contributed by atoms with van der Waals surface area (Å²) in [7, 11) is 0. The van der Waals surface area contributed by atoms with Gasteiger partial charge >= 0.3 is 23.9 Å². The largest absolute Gasteiger partial charge is 0.480 e. The summed E-state index contributed by atoms with van der Waals surface area (Å²) in [5, 5.41) is 107. The molecule has 0 saturated carbocycles. The number of rotatable bonds is 20. The fraction of sp³-hybridized carbons (Fsp3) is 0.840. The molecule has 0 radical (unpaired) electrons. The van der Waals surface area contributed by atoms with Gasteiger partial charge in [-0.2, -0.15) is 0 Å².